The second-order valence-corrected chi connectivity index (χ2v) is 9.03. The highest BCUT2D eigenvalue weighted by Crippen LogP contribution is 2.42. The standard InChI is InChI=1S/C25H34O5/c1-15(2)22(27)7-6-16(3)8-20-9-17(4)12-25(29-20)13-19(14-26)21-11-23(28)18(5)10-24(21)30-25/h8,10,12-13,20-22,24,26-27H,1,6-7,9,11,14H2,2-5H3. The van der Waals surface area contributed by atoms with Crippen LogP contribution in [-0.4, -0.2) is 46.7 Å². The Labute approximate surface area is 179 Å². The lowest BCUT2D eigenvalue weighted by Gasteiger charge is -2.45. The van der Waals surface area contributed by atoms with Gasteiger partial charge in [-0.05, 0) is 76.3 Å². The number of hydrogen-bond acceptors (Lipinski definition) is 5. The van der Waals surface area contributed by atoms with Crippen LogP contribution in [0.4, 0.5) is 0 Å². The van der Waals surface area contributed by atoms with E-state index in [9.17, 15) is 15.0 Å². The van der Waals surface area contributed by atoms with Crippen LogP contribution in [0.25, 0.3) is 0 Å². The number of aliphatic hydroxyl groups excluding tert-OH is 2. The van der Waals surface area contributed by atoms with E-state index in [1.54, 1.807) is 0 Å². The van der Waals surface area contributed by atoms with E-state index in [2.05, 4.69) is 19.6 Å². The van der Waals surface area contributed by atoms with E-state index in [1.165, 1.54) is 0 Å². The van der Waals surface area contributed by atoms with Crippen molar-refractivity contribution in [1.29, 1.82) is 0 Å². The van der Waals surface area contributed by atoms with Gasteiger partial charge in [-0.15, -0.1) is 0 Å². The average molecular weight is 415 g/mol. The van der Waals surface area contributed by atoms with E-state index in [4.69, 9.17) is 9.47 Å². The molecule has 5 heteroatoms. The predicted octanol–water partition coefficient (Wildman–Crippen LogP) is 3.93. The van der Waals surface area contributed by atoms with Gasteiger partial charge in [0.2, 0.25) is 5.79 Å². The van der Waals surface area contributed by atoms with E-state index >= 15 is 0 Å². The Bertz CT molecular complexity index is 830. The summed E-state index contributed by atoms with van der Waals surface area (Å²) in [5, 5.41) is 19.9. The van der Waals surface area contributed by atoms with Crippen molar-refractivity contribution in [2.45, 2.75) is 77.5 Å². The van der Waals surface area contributed by atoms with Crippen molar-refractivity contribution in [3.05, 3.63) is 58.7 Å². The molecule has 5 nitrogen and oxygen atoms in total. The molecule has 0 bridgehead atoms. The Morgan fingerprint density at radius 3 is 2.70 bits per heavy atom. The maximum absolute atomic E-state index is 12.1. The van der Waals surface area contributed by atoms with E-state index < -0.39 is 11.9 Å². The molecule has 164 valence electrons. The molecule has 3 rings (SSSR count). The van der Waals surface area contributed by atoms with Gasteiger partial charge in [0.25, 0.3) is 0 Å². The first-order chi connectivity index (χ1) is 14.1. The molecule has 30 heavy (non-hydrogen) atoms. The van der Waals surface area contributed by atoms with Crippen LogP contribution in [-0.2, 0) is 14.3 Å². The Hall–Kier alpha value is -1.79. The van der Waals surface area contributed by atoms with Gasteiger partial charge in [0.15, 0.2) is 5.78 Å². The number of hydrogen-bond donors (Lipinski definition) is 2. The fourth-order valence-corrected chi connectivity index (χ4v) is 4.44. The van der Waals surface area contributed by atoms with Gasteiger partial charge in [0.05, 0.1) is 24.9 Å². The van der Waals surface area contributed by atoms with Crippen LogP contribution in [0, 0.1) is 5.92 Å². The van der Waals surface area contributed by atoms with Gasteiger partial charge < -0.3 is 19.7 Å². The van der Waals surface area contributed by atoms with Gasteiger partial charge in [-0.3, -0.25) is 4.79 Å². The average Bonchev–Trinajstić information content (AvgIpc) is 2.66. The number of rotatable bonds is 6. The number of carbonyl (C=O) groups is 1. The summed E-state index contributed by atoms with van der Waals surface area (Å²) in [6, 6.07) is 0. The Morgan fingerprint density at radius 1 is 1.30 bits per heavy atom. The Kier molecular flexibility index (Phi) is 6.98. The van der Waals surface area contributed by atoms with Gasteiger partial charge in [-0.2, -0.15) is 0 Å². The molecule has 1 spiro atoms. The normalized spacial score (nSPS) is 32.9. The van der Waals surface area contributed by atoms with Crippen molar-refractivity contribution in [3.8, 4) is 0 Å². The minimum Gasteiger partial charge on any atom is -0.392 e. The quantitative estimate of drug-likeness (QED) is 0.644. The largest absolute Gasteiger partial charge is 0.392 e. The molecule has 5 atom stereocenters. The Morgan fingerprint density at radius 2 is 2.03 bits per heavy atom. The molecule has 0 aromatic heterocycles. The molecule has 0 saturated heterocycles. The minimum atomic E-state index is -1.04. The molecule has 0 amide bonds. The predicted molar refractivity (Wildman–Crippen MR) is 117 cm³/mol. The van der Waals surface area contributed by atoms with E-state index in [0.717, 1.165) is 35.1 Å². The summed E-state index contributed by atoms with van der Waals surface area (Å²) in [5.74, 6) is -1.09. The number of allylic oxidation sites excluding steroid dienone is 2. The van der Waals surface area contributed by atoms with Gasteiger partial charge in [-0.25, -0.2) is 0 Å². The van der Waals surface area contributed by atoms with Gasteiger partial charge in [0.1, 0.15) is 0 Å². The van der Waals surface area contributed by atoms with Crippen LogP contribution >= 0.6 is 0 Å². The monoisotopic (exact) mass is 414 g/mol. The molecule has 2 aliphatic heterocycles. The molecule has 1 aliphatic carbocycles. The smallest absolute Gasteiger partial charge is 0.209 e. The summed E-state index contributed by atoms with van der Waals surface area (Å²) in [6.07, 6.45) is 9.32. The molecular formula is C25H34O5. The van der Waals surface area contributed by atoms with Crippen molar-refractivity contribution in [3.63, 3.8) is 0 Å². The van der Waals surface area contributed by atoms with Crippen molar-refractivity contribution < 1.29 is 24.5 Å². The lowest BCUT2D eigenvalue weighted by atomic mass is 9.79. The zero-order valence-electron chi connectivity index (χ0n) is 18.5. The van der Waals surface area contributed by atoms with Crippen LogP contribution in [0.1, 0.15) is 53.4 Å². The maximum atomic E-state index is 12.1. The molecule has 2 heterocycles. The second-order valence-electron chi connectivity index (χ2n) is 9.03. The third-order valence-electron chi connectivity index (χ3n) is 6.18. The summed E-state index contributed by atoms with van der Waals surface area (Å²) in [6.45, 7) is 11.4. The minimum absolute atomic E-state index is 0.0971. The molecule has 0 fully saturated rings. The molecule has 2 N–H and O–H groups in total. The topological polar surface area (TPSA) is 76.0 Å². The van der Waals surface area contributed by atoms with Crippen LogP contribution in [0.2, 0.25) is 0 Å². The highest BCUT2D eigenvalue weighted by atomic mass is 16.7. The van der Waals surface area contributed by atoms with E-state index in [0.29, 0.717) is 18.4 Å². The molecular weight excluding hydrogens is 380 g/mol. The van der Waals surface area contributed by atoms with Crippen LogP contribution < -0.4 is 0 Å². The first kappa shape index (κ1) is 22.9. The lowest BCUT2D eigenvalue weighted by Crippen LogP contribution is -2.49. The number of fused-ring (bicyclic) bond motifs is 1. The highest BCUT2D eigenvalue weighted by molar-refractivity contribution is 5.96. The maximum Gasteiger partial charge on any atom is 0.209 e. The number of ketones is 1. The second kappa shape index (κ2) is 9.15. The zero-order valence-corrected chi connectivity index (χ0v) is 18.5. The van der Waals surface area contributed by atoms with Crippen molar-refractivity contribution >= 4 is 5.78 Å². The van der Waals surface area contributed by atoms with Gasteiger partial charge >= 0.3 is 0 Å². The van der Waals surface area contributed by atoms with Crippen molar-refractivity contribution in [2.75, 3.05) is 6.61 Å². The first-order valence-electron chi connectivity index (χ1n) is 10.7. The van der Waals surface area contributed by atoms with Crippen LogP contribution in [0.15, 0.2) is 58.7 Å². The zero-order chi connectivity index (χ0) is 22.1. The third kappa shape index (κ3) is 5.09. The molecule has 3 aliphatic rings. The van der Waals surface area contributed by atoms with E-state index in [-0.39, 0.29) is 30.5 Å². The molecule has 0 radical (unpaired) electrons. The van der Waals surface area contributed by atoms with Gasteiger partial charge in [0, 0.05) is 12.3 Å². The number of Topliss-reactive ketones (excluding diaryl/α,β-unsaturated/α-hetero) is 1. The fraction of sp³-hybridized carbons (Fsp3) is 0.560. The number of carbonyl (C=O) groups excluding carboxylic acids is 1. The summed E-state index contributed by atoms with van der Waals surface area (Å²) >= 11 is 0. The van der Waals surface area contributed by atoms with Crippen LogP contribution in [0.3, 0.4) is 0 Å². The Balaban J connectivity index is 1.81. The lowest BCUT2D eigenvalue weighted by molar-refractivity contribution is -0.224. The van der Waals surface area contributed by atoms with E-state index in [1.807, 2.05) is 39.0 Å². The summed E-state index contributed by atoms with van der Waals surface area (Å²) in [4.78, 5) is 12.1. The molecule has 0 aromatic carbocycles. The number of aliphatic hydroxyl groups is 2. The fourth-order valence-electron chi connectivity index (χ4n) is 4.44. The SMILES string of the molecule is C=C(C)C(O)CCC(C)=CC1CC(C)=CC2(C=C(CO)C3CC(=O)C(C)=CC3O2)O1. The molecule has 5 unspecified atom stereocenters. The molecule has 0 aromatic rings. The highest BCUT2D eigenvalue weighted by Gasteiger charge is 2.45. The summed E-state index contributed by atoms with van der Waals surface area (Å²) < 4.78 is 12.8. The van der Waals surface area contributed by atoms with Gasteiger partial charge in [-0.1, -0.05) is 29.4 Å². The summed E-state index contributed by atoms with van der Waals surface area (Å²) in [7, 11) is 0. The van der Waals surface area contributed by atoms with Crippen LogP contribution in [0.5, 0.6) is 0 Å². The first-order valence-corrected chi connectivity index (χ1v) is 10.7. The van der Waals surface area contributed by atoms with Crippen molar-refractivity contribution in [1.82, 2.24) is 0 Å². The number of ether oxygens (including phenoxy) is 2. The summed E-state index contributed by atoms with van der Waals surface area (Å²) in [5.41, 5.74) is 4.56. The van der Waals surface area contributed by atoms with Crippen molar-refractivity contribution in [2.24, 2.45) is 5.92 Å². The third-order valence-corrected chi connectivity index (χ3v) is 6.18. The molecule has 0 saturated carbocycles.